The predicted molar refractivity (Wildman–Crippen MR) is 37.1 cm³/mol. The third kappa shape index (κ3) is 4.18. The molecule has 0 N–H and O–H groups in total. The molecule has 0 aliphatic heterocycles. The van der Waals surface area contributed by atoms with Crippen LogP contribution >= 0.6 is 46.4 Å². The summed E-state index contributed by atoms with van der Waals surface area (Å²) in [5.74, 6) is 0. The highest BCUT2D eigenvalue weighted by atomic mass is 35.5. The van der Waals surface area contributed by atoms with Gasteiger partial charge in [-0.1, -0.05) is 46.4 Å². The standard InChI is InChI=1S/C3Cl4F4O/c4-1(5,8)2(6,7)12-3(9,10)11. The van der Waals surface area contributed by atoms with Gasteiger partial charge in [-0.3, -0.25) is 0 Å². The lowest BCUT2D eigenvalue weighted by molar-refractivity contribution is -0.343. The molecule has 0 aromatic carbocycles. The van der Waals surface area contributed by atoms with Crippen molar-refractivity contribution in [3.63, 3.8) is 0 Å². The van der Waals surface area contributed by atoms with E-state index in [-0.39, 0.29) is 0 Å². The molecule has 0 unspecified atom stereocenters. The fourth-order valence-corrected chi connectivity index (χ4v) is 0.455. The molecule has 12 heavy (non-hydrogen) atoms. The molecule has 0 rings (SSSR count). The Morgan fingerprint density at radius 1 is 0.833 bits per heavy atom. The Morgan fingerprint density at radius 3 is 1.25 bits per heavy atom. The van der Waals surface area contributed by atoms with Crippen LogP contribution in [0.15, 0.2) is 0 Å². The maximum absolute atomic E-state index is 12.3. The van der Waals surface area contributed by atoms with Gasteiger partial charge in [-0.2, -0.15) is 0 Å². The first kappa shape index (κ1) is 12.8. The summed E-state index contributed by atoms with van der Waals surface area (Å²) in [5.41, 5.74) is 0. The first-order valence-corrected chi connectivity index (χ1v) is 3.68. The molecule has 0 amide bonds. The molecular formula is C3Cl4F4O. The molecule has 0 aromatic rings. The van der Waals surface area contributed by atoms with Crippen LogP contribution in [-0.4, -0.2) is 15.5 Å². The molecule has 9 heteroatoms. The Labute approximate surface area is 84.5 Å². The van der Waals surface area contributed by atoms with Crippen molar-refractivity contribution in [2.75, 3.05) is 0 Å². The normalized spacial score (nSPS) is 15.0. The van der Waals surface area contributed by atoms with Gasteiger partial charge in [0.15, 0.2) is 0 Å². The Balaban J connectivity index is 4.44. The van der Waals surface area contributed by atoms with Crippen molar-refractivity contribution < 1.29 is 22.3 Å². The third-order valence-corrected chi connectivity index (χ3v) is 2.17. The van der Waals surface area contributed by atoms with E-state index >= 15 is 0 Å². The van der Waals surface area contributed by atoms with E-state index in [1.165, 1.54) is 0 Å². The van der Waals surface area contributed by atoms with Gasteiger partial charge in [0.2, 0.25) is 0 Å². The Morgan fingerprint density at radius 2 is 1.17 bits per heavy atom. The summed E-state index contributed by atoms with van der Waals surface area (Å²) < 4.78 is 42.5. The summed E-state index contributed by atoms with van der Waals surface area (Å²) in [5, 5.41) is 0. The van der Waals surface area contributed by atoms with E-state index in [9.17, 15) is 17.6 Å². The molecule has 0 bridgehead atoms. The van der Waals surface area contributed by atoms with Gasteiger partial charge in [-0.15, -0.1) is 13.2 Å². The topological polar surface area (TPSA) is 9.23 Å². The molecular weight excluding hydrogens is 270 g/mol. The lowest BCUT2D eigenvalue weighted by atomic mass is 10.7. The molecule has 0 heterocycles. The smallest absolute Gasteiger partial charge is 0.249 e. The summed E-state index contributed by atoms with van der Waals surface area (Å²) in [6.45, 7) is 0. The summed E-state index contributed by atoms with van der Waals surface area (Å²) in [6.07, 6.45) is -5.23. The molecule has 0 fully saturated rings. The van der Waals surface area contributed by atoms with Crippen molar-refractivity contribution in [2.24, 2.45) is 0 Å². The second kappa shape index (κ2) is 3.53. The predicted octanol–water partition coefficient (Wildman–Crippen LogP) is 3.76. The van der Waals surface area contributed by atoms with Gasteiger partial charge in [0, 0.05) is 0 Å². The Hall–Kier alpha value is 0.840. The molecule has 0 aliphatic rings. The van der Waals surface area contributed by atoms with Gasteiger partial charge in [-0.25, -0.2) is 9.13 Å². The fraction of sp³-hybridized carbons (Fsp3) is 1.00. The zero-order chi connectivity index (χ0) is 10.2. The van der Waals surface area contributed by atoms with Gasteiger partial charge >= 0.3 is 10.9 Å². The Kier molecular flexibility index (Phi) is 3.78. The van der Waals surface area contributed by atoms with Crippen molar-refractivity contribution in [2.45, 2.75) is 15.5 Å². The maximum atomic E-state index is 12.3. The summed E-state index contributed by atoms with van der Waals surface area (Å²) in [6, 6.07) is 0. The number of halogens is 8. The largest absolute Gasteiger partial charge is 0.525 e. The molecule has 74 valence electrons. The van der Waals surface area contributed by atoms with Crippen LogP contribution in [0.3, 0.4) is 0 Å². The lowest BCUT2D eigenvalue weighted by Gasteiger charge is -2.26. The average molecular weight is 270 g/mol. The van der Waals surface area contributed by atoms with Crippen LogP contribution in [0.5, 0.6) is 0 Å². The second-order valence-corrected chi connectivity index (χ2v) is 4.06. The molecule has 0 aromatic heterocycles. The van der Waals surface area contributed by atoms with Crippen LogP contribution < -0.4 is 0 Å². The van der Waals surface area contributed by atoms with Crippen LogP contribution in [0.1, 0.15) is 0 Å². The molecule has 0 radical (unpaired) electrons. The van der Waals surface area contributed by atoms with Gasteiger partial charge < -0.3 is 0 Å². The average Bonchev–Trinajstić information content (AvgIpc) is 1.52. The maximum Gasteiger partial charge on any atom is 0.525 e. The van der Waals surface area contributed by atoms with Crippen molar-refractivity contribution in [1.29, 1.82) is 0 Å². The van der Waals surface area contributed by atoms with E-state index in [2.05, 4.69) is 51.1 Å². The number of alkyl halides is 8. The zero-order valence-corrected chi connectivity index (χ0v) is 7.96. The first-order chi connectivity index (χ1) is 4.96. The highest BCUT2D eigenvalue weighted by Crippen LogP contribution is 2.47. The number of hydrogen-bond acceptors (Lipinski definition) is 1. The molecule has 0 saturated carbocycles. The third-order valence-electron chi connectivity index (χ3n) is 0.574. The Bertz CT molecular complexity index is 161. The van der Waals surface area contributed by atoms with Gasteiger partial charge in [0.1, 0.15) is 0 Å². The second-order valence-electron chi connectivity index (χ2n) is 1.56. The lowest BCUT2D eigenvalue weighted by Crippen LogP contribution is -2.39. The summed E-state index contributed by atoms with van der Waals surface area (Å²) in [7, 11) is 0. The molecule has 0 aliphatic carbocycles. The molecule has 0 spiro atoms. The van der Waals surface area contributed by atoms with Gasteiger partial charge in [0.25, 0.3) is 4.52 Å². The van der Waals surface area contributed by atoms with Crippen molar-refractivity contribution in [1.82, 2.24) is 0 Å². The number of hydrogen-bond donors (Lipinski definition) is 0. The van der Waals surface area contributed by atoms with Crippen LogP contribution in [0, 0.1) is 0 Å². The van der Waals surface area contributed by atoms with Crippen LogP contribution in [0.2, 0.25) is 0 Å². The van der Waals surface area contributed by atoms with E-state index in [1.54, 1.807) is 0 Å². The van der Waals surface area contributed by atoms with Crippen molar-refractivity contribution in [3.8, 4) is 0 Å². The molecule has 0 atom stereocenters. The quantitative estimate of drug-likeness (QED) is 0.548. The van der Waals surface area contributed by atoms with Gasteiger partial charge in [0.05, 0.1) is 0 Å². The van der Waals surface area contributed by atoms with Crippen LogP contribution in [-0.2, 0) is 4.74 Å². The van der Waals surface area contributed by atoms with E-state index in [0.717, 1.165) is 0 Å². The SMILES string of the molecule is FC(F)(F)OC(Cl)(Cl)C(F)(Cl)Cl. The van der Waals surface area contributed by atoms with E-state index in [4.69, 9.17) is 0 Å². The summed E-state index contributed by atoms with van der Waals surface area (Å²) in [4.78, 5) is 0. The van der Waals surface area contributed by atoms with E-state index in [1.807, 2.05) is 0 Å². The van der Waals surface area contributed by atoms with Crippen LogP contribution in [0.4, 0.5) is 17.6 Å². The molecule has 0 saturated heterocycles. The van der Waals surface area contributed by atoms with Crippen molar-refractivity contribution >= 4 is 46.4 Å². The first-order valence-electron chi connectivity index (χ1n) is 2.17. The minimum absolute atomic E-state index is 2.88. The number of rotatable bonds is 2. The fourth-order valence-electron chi connectivity index (χ4n) is 0.203. The number of ether oxygens (including phenoxy) is 1. The van der Waals surface area contributed by atoms with Gasteiger partial charge in [-0.05, 0) is 0 Å². The minimum atomic E-state index is -5.23. The molecule has 1 nitrogen and oxygen atoms in total. The highest BCUT2D eigenvalue weighted by Gasteiger charge is 2.55. The van der Waals surface area contributed by atoms with E-state index in [0.29, 0.717) is 0 Å². The monoisotopic (exact) mass is 268 g/mol. The van der Waals surface area contributed by atoms with E-state index < -0.39 is 15.5 Å². The zero-order valence-electron chi connectivity index (χ0n) is 4.93. The summed E-state index contributed by atoms with van der Waals surface area (Å²) >= 11 is 18.4. The highest BCUT2D eigenvalue weighted by molar-refractivity contribution is 6.60. The minimum Gasteiger partial charge on any atom is -0.249 e. The van der Waals surface area contributed by atoms with Crippen LogP contribution in [0.25, 0.3) is 0 Å². The van der Waals surface area contributed by atoms with Crippen molar-refractivity contribution in [3.05, 3.63) is 0 Å².